The normalized spacial score (nSPS) is 10.5. The summed E-state index contributed by atoms with van der Waals surface area (Å²) in [6, 6.07) is 8.14. The number of carbonyl (C=O) groups is 2. The lowest BCUT2D eigenvalue weighted by Crippen LogP contribution is -2.21. The summed E-state index contributed by atoms with van der Waals surface area (Å²) in [5, 5.41) is 11.2. The molecule has 3 aromatic rings. The van der Waals surface area contributed by atoms with Crippen LogP contribution >= 0.6 is 23.6 Å². The Morgan fingerprint density at radius 1 is 1.22 bits per heavy atom. The van der Waals surface area contributed by atoms with E-state index in [1.54, 1.807) is 27.2 Å². The summed E-state index contributed by atoms with van der Waals surface area (Å²) in [6.07, 6.45) is 3.52. The van der Waals surface area contributed by atoms with E-state index in [0.717, 1.165) is 11.3 Å². The van der Waals surface area contributed by atoms with Crippen LogP contribution in [0.1, 0.15) is 36.7 Å². The quantitative estimate of drug-likeness (QED) is 0.416. The van der Waals surface area contributed by atoms with Crippen LogP contribution in [0.2, 0.25) is 0 Å². The van der Waals surface area contributed by atoms with Crippen LogP contribution in [0, 0.1) is 13.8 Å². The maximum absolute atomic E-state index is 12.5. The molecule has 0 saturated carbocycles. The molecular formula is C22H25N5O3S2. The van der Waals surface area contributed by atoms with Crippen molar-refractivity contribution in [3.05, 3.63) is 63.8 Å². The molecule has 3 rings (SSSR count). The third kappa shape index (κ3) is 5.14. The third-order valence-corrected chi connectivity index (χ3v) is 6.25. The minimum atomic E-state index is -0.534. The molecule has 8 nitrogen and oxygen atoms in total. The van der Waals surface area contributed by atoms with E-state index >= 15 is 0 Å². The molecule has 2 N–H and O–H groups in total. The fourth-order valence-electron chi connectivity index (χ4n) is 3.10. The van der Waals surface area contributed by atoms with Crippen molar-refractivity contribution in [2.24, 2.45) is 0 Å². The summed E-state index contributed by atoms with van der Waals surface area (Å²) in [6.45, 7) is 4.42. The minimum absolute atomic E-state index is 0.193. The second kappa shape index (κ2) is 9.92. The van der Waals surface area contributed by atoms with Gasteiger partial charge in [0, 0.05) is 20.3 Å². The number of nitrogens with zero attached hydrogens (tertiary/aromatic N) is 3. The maximum Gasteiger partial charge on any atom is 0.341 e. The molecule has 0 bridgehead atoms. The molecule has 1 aromatic carbocycles. The van der Waals surface area contributed by atoms with Crippen LogP contribution in [0.5, 0.6) is 0 Å². The molecule has 10 heteroatoms. The number of amides is 1. The number of rotatable bonds is 6. The number of benzene rings is 1. The maximum atomic E-state index is 12.5. The number of methoxy groups -OCH3 is 1. The largest absolute Gasteiger partial charge is 0.465 e. The molecule has 0 fully saturated rings. The van der Waals surface area contributed by atoms with E-state index in [0.29, 0.717) is 33.2 Å². The Morgan fingerprint density at radius 2 is 1.94 bits per heavy atom. The molecule has 0 radical (unpaired) electrons. The van der Waals surface area contributed by atoms with Gasteiger partial charge in [-0.1, -0.05) is 24.3 Å². The standard InChI is InChI=1S/C22H25N5O3S2/c1-13-8-6-7-9-15(13)11-27-12-16(10-23-27)24-22(31)25-19-17(21(29)30-5)14(2)18(32-19)20(28)26(3)4/h6-10,12H,11H2,1-5H3,(H2,24,25,31). The number of nitrogens with one attached hydrogen (secondary N) is 2. The van der Waals surface area contributed by atoms with Crippen LogP contribution in [0.3, 0.4) is 0 Å². The smallest absolute Gasteiger partial charge is 0.341 e. The number of thiocarbonyl (C=S) groups is 1. The van der Waals surface area contributed by atoms with E-state index in [-0.39, 0.29) is 11.0 Å². The fraction of sp³-hybridized carbons (Fsp3) is 0.273. The zero-order valence-corrected chi connectivity index (χ0v) is 20.2. The lowest BCUT2D eigenvalue weighted by atomic mass is 10.1. The van der Waals surface area contributed by atoms with Gasteiger partial charge in [-0.2, -0.15) is 5.10 Å². The fourth-order valence-corrected chi connectivity index (χ4v) is 4.60. The molecule has 0 aliphatic heterocycles. The van der Waals surface area contributed by atoms with Crippen molar-refractivity contribution in [2.45, 2.75) is 20.4 Å². The molecule has 0 saturated heterocycles. The molecule has 2 aromatic heterocycles. The monoisotopic (exact) mass is 471 g/mol. The molecule has 0 spiro atoms. The minimum Gasteiger partial charge on any atom is -0.465 e. The molecule has 0 aliphatic carbocycles. The van der Waals surface area contributed by atoms with E-state index < -0.39 is 5.97 Å². The first-order valence-electron chi connectivity index (χ1n) is 9.79. The van der Waals surface area contributed by atoms with Gasteiger partial charge in [0.05, 0.1) is 36.0 Å². The first-order valence-corrected chi connectivity index (χ1v) is 11.0. The summed E-state index contributed by atoms with van der Waals surface area (Å²) in [4.78, 5) is 26.8. The molecule has 168 valence electrons. The van der Waals surface area contributed by atoms with Gasteiger partial charge < -0.3 is 20.3 Å². The predicted octanol–water partition coefficient (Wildman–Crippen LogP) is 3.91. The number of aromatic nitrogens is 2. The summed E-state index contributed by atoms with van der Waals surface area (Å²) >= 11 is 6.59. The van der Waals surface area contributed by atoms with E-state index in [1.807, 2.05) is 23.0 Å². The number of hydrogen-bond acceptors (Lipinski definition) is 6. The summed E-state index contributed by atoms with van der Waals surface area (Å²) < 4.78 is 6.72. The van der Waals surface area contributed by atoms with Crippen LogP contribution < -0.4 is 10.6 Å². The van der Waals surface area contributed by atoms with Crippen LogP contribution in [-0.4, -0.2) is 52.9 Å². The summed E-state index contributed by atoms with van der Waals surface area (Å²) in [5.74, 6) is -0.727. The Morgan fingerprint density at radius 3 is 2.59 bits per heavy atom. The lowest BCUT2D eigenvalue weighted by molar-refractivity contribution is 0.0601. The van der Waals surface area contributed by atoms with Crippen molar-refractivity contribution in [1.82, 2.24) is 14.7 Å². The molecule has 2 heterocycles. The number of carbonyl (C=O) groups excluding carboxylic acids is 2. The Bertz CT molecular complexity index is 1170. The van der Waals surface area contributed by atoms with Crippen molar-refractivity contribution < 1.29 is 14.3 Å². The Hall–Kier alpha value is -3.24. The zero-order valence-electron chi connectivity index (χ0n) is 18.6. The Kier molecular flexibility index (Phi) is 7.26. The Labute approximate surface area is 196 Å². The van der Waals surface area contributed by atoms with Crippen molar-refractivity contribution in [3.8, 4) is 0 Å². The van der Waals surface area contributed by atoms with Gasteiger partial charge in [0.2, 0.25) is 0 Å². The van der Waals surface area contributed by atoms with Gasteiger partial charge >= 0.3 is 5.97 Å². The van der Waals surface area contributed by atoms with Gasteiger partial charge in [-0.3, -0.25) is 9.48 Å². The van der Waals surface area contributed by atoms with Crippen LogP contribution in [0.25, 0.3) is 0 Å². The zero-order chi connectivity index (χ0) is 23.4. The molecule has 0 aliphatic rings. The van der Waals surface area contributed by atoms with Gasteiger partial charge in [0.25, 0.3) is 5.91 Å². The number of thiophene rings is 1. The molecule has 1 amide bonds. The molecule has 32 heavy (non-hydrogen) atoms. The summed E-state index contributed by atoms with van der Waals surface area (Å²) in [5.41, 5.74) is 3.92. The number of esters is 1. The van der Waals surface area contributed by atoms with E-state index in [1.165, 1.54) is 23.1 Å². The average molecular weight is 472 g/mol. The van der Waals surface area contributed by atoms with Gasteiger partial charge in [-0.15, -0.1) is 11.3 Å². The molecular weight excluding hydrogens is 446 g/mol. The van der Waals surface area contributed by atoms with E-state index in [9.17, 15) is 9.59 Å². The highest BCUT2D eigenvalue weighted by Gasteiger charge is 2.26. The van der Waals surface area contributed by atoms with Gasteiger partial charge in [-0.25, -0.2) is 4.79 Å². The molecule has 0 unspecified atom stereocenters. The van der Waals surface area contributed by atoms with E-state index in [4.69, 9.17) is 17.0 Å². The third-order valence-electron chi connectivity index (χ3n) is 4.85. The topological polar surface area (TPSA) is 88.5 Å². The van der Waals surface area contributed by atoms with Crippen LogP contribution in [0.15, 0.2) is 36.7 Å². The highest BCUT2D eigenvalue weighted by molar-refractivity contribution is 7.80. The second-order valence-corrected chi connectivity index (χ2v) is 8.81. The van der Waals surface area contributed by atoms with Crippen LogP contribution in [-0.2, 0) is 11.3 Å². The highest BCUT2D eigenvalue weighted by Crippen LogP contribution is 2.34. The first kappa shape index (κ1) is 23.4. The van der Waals surface area contributed by atoms with Crippen LogP contribution in [0.4, 0.5) is 10.7 Å². The molecule has 0 atom stereocenters. The number of anilines is 2. The van der Waals surface area contributed by atoms with Gasteiger partial charge in [0.1, 0.15) is 5.00 Å². The average Bonchev–Trinajstić information content (AvgIpc) is 3.32. The Balaban J connectivity index is 1.75. The van der Waals surface area contributed by atoms with Gasteiger partial charge in [-0.05, 0) is 42.8 Å². The van der Waals surface area contributed by atoms with Crippen molar-refractivity contribution in [2.75, 3.05) is 31.8 Å². The summed E-state index contributed by atoms with van der Waals surface area (Å²) in [7, 11) is 4.62. The SMILES string of the molecule is COC(=O)c1c(NC(=S)Nc2cnn(Cc3ccccc3C)c2)sc(C(=O)N(C)C)c1C. The van der Waals surface area contributed by atoms with Crippen molar-refractivity contribution >= 4 is 51.2 Å². The first-order chi connectivity index (χ1) is 15.2. The second-order valence-electron chi connectivity index (χ2n) is 7.38. The number of aryl methyl sites for hydroxylation is 1. The highest BCUT2D eigenvalue weighted by atomic mass is 32.1. The lowest BCUT2D eigenvalue weighted by Gasteiger charge is -2.09. The number of hydrogen-bond donors (Lipinski definition) is 2. The number of ether oxygens (including phenoxy) is 1. The van der Waals surface area contributed by atoms with Crippen molar-refractivity contribution in [3.63, 3.8) is 0 Å². The van der Waals surface area contributed by atoms with Crippen molar-refractivity contribution in [1.29, 1.82) is 0 Å². The van der Waals surface area contributed by atoms with Gasteiger partial charge in [0.15, 0.2) is 5.11 Å². The predicted molar refractivity (Wildman–Crippen MR) is 131 cm³/mol. The van der Waals surface area contributed by atoms with E-state index in [2.05, 4.69) is 34.8 Å².